The van der Waals surface area contributed by atoms with E-state index in [1.165, 1.54) is 13.8 Å². The summed E-state index contributed by atoms with van der Waals surface area (Å²) in [5.41, 5.74) is 0.838. The van der Waals surface area contributed by atoms with Crippen molar-refractivity contribution in [2.45, 2.75) is 20.5 Å². The first-order chi connectivity index (χ1) is 9.06. The highest BCUT2D eigenvalue weighted by Gasteiger charge is 2.28. The number of carbonyl (C=O) groups excluding carboxylic acids is 2. The summed E-state index contributed by atoms with van der Waals surface area (Å²) >= 11 is 0. The number of hydrogen-bond acceptors (Lipinski definition) is 6. The van der Waals surface area contributed by atoms with Gasteiger partial charge in [0.15, 0.2) is 6.79 Å². The van der Waals surface area contributed by atoms with Crippen molar-refractivity contribution in [3.05, 3.63) is 23.8 Å². The van der Waals surface area contributed by atoms with Gasteiger partial charge in [-0.2, -0.15) is 0 Å². The molecule has 19 heavy (non-hydrogen) atoms. The number of benzene rings is 1. The van der Waals surface area contributed by atoms with Crippen molar-refractivity contribution in [3.8, 4) is 5.75 Å². The lowest BCUT2D eigenvalue weighted by Gasteiger charge is -2.19. The molecule has 2 rings (SSSR count). The van der Waals surface area contributed by atoms with E-state index in [2.05, 4.69) is 0 Å². The second kappa shape index (κ2) is 5.85. The van der Waals surface area contributed by atoms with E-state index in [1.54, 1.807) is 18.2 Å². The van der Waals surface area contributed by atoms with Crippen LogP contribution in [0.5, 0.6) is 5.75 Å². The molecule has 0 aliphatic carbocycles. The van der Waals surface area contributed by atoms with Gasteiger partial charge < -0.3 is 18.3 Å². The second-order valence-corrected chi connectivity index (χ2v) is 5.47. The molecule has 1 aliphatic heterocycles. The van der Waals surface area contributed by atoms with Crippen molar-refractivity contribution in [2.24, 2.45) is 0 Å². The molecule has 1 aromatic carbocycles. The first kappa shape index (κ1) is 13.6. The summed E-state index contributed by atoms with van der Waals surface area (Å²) < 4.78 is 20.6. The first-order valence-corrected chi connectivity index (χ1v) is 6.95. The fourth-order valence-electron chi connectivity index (χ4n) is 1.62. The van der Waals surface area contributed by atoms with Crippen LogP contribution in [-0.2, 0) is 29.8 Å². The Bertz CT molecular complexity index is 485. The van der Waals surface area contributed by atoms with Crippen LogP contribution >= 0.6 is 0 Å². The molecular formula is C12H13O6Si. The van der Waals surface area contributed by atoms with E-state index in [-0.39, 0.29) is 6.79 Å². The minimum absolute atomic E-state index is 0.220. The predicted octanol–water partition coefficient (Wildman–Crippen LogP) is 0.374. The van der Waals surface area contributed by atoms with Gasteiger partial charge in [-0.25, -0.2) is 0 Å². The maximum Gasteiger partial charge on any atom is 0.576 e. The van der Waals surface area contributed by atoms with Gasteiger partial charge in [0.25, 0.3) is 11.9 Å². The van der Waals surface area contributed by atoms with Crippen LogP contribution in [0.1, 0.15) is 19.4 Å². The van der Waals surface area contributed by atoms with Gasteiger partial charge in [-0.05, 0) is 12.1 Å². The molecule has 0 spiro atoms. The van der Waals surface area contributed by atoms with E-state index in [9.17, 15) is 9.59 Å². The highest BCUT2D eigenvalue weighted by molar-refractivity contribution is 6.64. The van der Waals surface area contributed by atoms with Gasteiger partial charge in [0.2, 0.25) is 0 Å². The SMILES string of the molecule is CC(=O)O[Si](OC(C)=O)c1ccc2c(c1)COCO2. The molecule has 1 radical (unpaired) electrons. The van der Waals surface area contributed by atoms with Crippen molar-refractivity contribution in [1.29, 1.82) is 0 Å². The van der Waals surface area contributed by atoms with Gasteiger partial charge in [0.1, 0.15) is 5.75 Å². The van der Waals surface area contributed by atoms with E-state index in [0.29, 0.717) is 11.8 Å². The monoisotopic (exact) mass is 281 g/mol. The highest BCUT2D eigenvalue weighted by atomic mass is 28.3. The summed E-state index contributed by atoms with van der Waals surface area (Å²) in [5, 5.41) is 0.656. The molecule has 0 atom stereocenters. The van der Waals surface area contributed by atoms with Gasteiger partial charge in [0, 0.05) is 24.6 Å². The van der Waals surface area contributed by atoms with E-state index in [1.807, 2.05) is 0 Å². The summed E-state index contributed by atoms with van der Waals surface area (Å²) in [6.45, 7) is 3.19. The molecule has 7 heteroatoms. The summed E-state index contributed by atoms with van der Waals surface area (Å²) in [6.07, 6.45) is 0. The number of hydrogen-bond donors (Lipinski definition) is 0. The fraction of sp³-hybridized carbons (Fsp3) is 0.333. The maximum absolute atomic E-state index is 11.1. The third-order valence-corrected chi connectivity index (χ3v) is 4.05. The number of carbonyl (C=O) groups is 2. The molecule has 0 aromatic heterocycles. The summed E-state index contributed by atoms with van der Waals surface area (Å²) in [4.78, 5) is 22.1. The van der Waals surface area contributed by atoms with Gasteiger partial charge in [-0.1, -0.05) is 6.07 Å². The zero-order valence-corrected chi connectivity index (χ0v) is 11.6. The van der Waals surface area contributed by atoms with Crippen LogP contribution in [0.15, 0.2) is 18.2 Å². The first-order valence-electron chi connectivity index (χ1n) is 5.64. The minimum Gasteiger partial charge on any atom is -0.480 e. The normalized spacial score (nSPS) is 13.4. The topological polar surface area (TPSA) is 71.1 Å². The zero-order valence-electron chi connectivity index (χ0n) is 10.6. The lowest BCUT2D eigenvalue weighted by Crippen LogP contribution is -2.40. The van der Waals surface area contributed by atoms with Crippen LogP contribution < -0.4 is 9.92 Å². The summed E-state index contributed by atoms with van der Waals surface area (Å²) in [7, 11) is -2.16. The van der Waals surface area contributed by atoms with Crippen molar-refractivity contribution in [3.63, 3.8) is 0 Å². The highest BCUT2D eigenvalue weighted by Crippen LogP contribution is 2.21. The third-order valence-electron chi connectivity index (χ3n) is 2.32. The van der Waals surface area contributed by atoms with Crippen LogP contribution in [0.25, 0.3) is 0 Å². The molecule has 101 valence electrons. The molecule has 1 aromatic rings. The van der Waals surface area contributed by atoms with E-state index in [0.717, 1.165) is 11.3 Å². The quantitative estimate of drug-likeness (QED) is 0.746. The average Bonchev–Trinajstić information content (AvgIpc) is 2.36. The van der Waals surface area contributed by atoms with E-state index in [4.69, 9.17) is 18.3 Å². The van der Waals surface area contributed by atoms with Crippen LogP contribution in [0.3, 0.4) is 0 Å². The van der Waals surface area contributed by atoms with Gasteiger partial charge >= 0.3 is 9.28 Å². The standard InChI is InChI=1S/C12H13O6Si/c1-8(13)17-19(18-9(2)14)11-3-4-12-10(5-11)6-15-7-16-12/h3-5H,6-7H2,1-2H3. The Morgan fingerprint density at radius 1 is 1.21 bits per heavy atom. The Balaban J connectivity index is 2.25. The Kier molecular flexibility index (Phi) is 4.18. The summed E-state index contributed by atoms with van der Waals surface area (Å²) in [6, 6.07) is 5.25. The predicted molar refractivity (Wildman–Crippen MR) is 65.6 cm³/mol. The van der Waals surface area contributed by atoms with Gasteiger partial charge in [-0.3, -0.25) is 9.59 Å². The molecule has 0 amide bonds. The lowest BCUT2D eigenvalue weighted by molar-refractivity contribution is -0.137. The summed E-state index contributed by atoms with van der Waals surface area (Å²) in [5.74, 6) is -0.247. The molecular weight excluding hydrogens is 268 g/mol. The molecule has 0 bridgehead atoms. The molecule has 0 saturated carbocycles. The van der Waals surface area contributed by atoms with Crippen molar-refractivity contribution in [1.82, 2.24) is 0 Å². The fourth-order valence-corrected chi connectivity index (χ4v) is 2.93. The van der Waals surface area contributed by atoms with Crippen LogP contribution in [-0.4, -0.2) is 28.0 Å². The van der Waals surface area contributed by atoms with Crippen molar-refractivity contribution < 1.29 is 27.9 Å². The number of ether oxygens (including phenoxy) is 2. The molecule has 1 heterocycles. The molecule has 0 saturated heterocycles. The molecule has 0 fully saturated rings. The van der Waals surface area contributed by atoms with Crippen LogP contribution in [0, 0.1) is 0 Å². The second-order valence-electron chi connectivity index (χ2n) is 3.91. The minimum atomic E-state index is -2.16. The lowest BCUT2D eigenvalue weighted by atomic mass is 10.2. The Morgan fingerprint density at radius 2 is 1.89 bits per heavy atom. The van der Waals surface area contributed by atoms with Crippen molar-refractivity contribution >= 4 is 26.4 Å². The average molecular weight is 281 g/mol. The van der Waals surface area contributed by atoms with Crippen LogP contribution in [0.4, 0.5) is 0 Å². The number of fused-ring (bicyclic) bond motifs is 1. The zero-order chi connectivity index (χ0) is 13.8. The Labute approximate surface area is 112 Å². The van der Waals surface area contributed by atoms with E-state index >= 15 is 0 Å². The molecule has 1 aliphatic rings. The number of rotatable bonds is 3. The Hall–Kier alpha value is -1.86. The van der Waals surface area contributed by atoms with Gasteiger partial charge in [0.05, 0.1) is 6.61 Å². The molecule has 6 nitrogen and oxygen atoms in total. The molecule has 0 unspecified atom stereocenters. The Morgan fingerprint density at radius 3 is 2.53 bits per heavy atom. The maximum atomic E-state index is 11.1. The van der Waals surface area contributed by atoms with Crippen LogP contribution in [0.2, 0.25) is 0 Å². The third kappa shape index (κ3) is 3.55. The smallest absolute Gasteiger partial charge is 0.480 e. The van der Waals surface area contributed by atoms with Gasteiger partial charge in [-0.15, -0.1) is 0 Å². The largest absolute Gasteiger partial charge is 0.576 e. The van der Waals surface area contributed by atoms with E-state index < -0.39 is 21.2 Å². The van der Waals surface area contributed by atoms with Crippen molar-refractivity contribution in [2.75, 3.05) is 6.79 Å². The molecule has 0 N–H and O–H groups in total.